The molecule has 0 radical (unpaired) electrons. The van der Waals surface area contributed by atoms with Gasteiger partial charge in [-0.3, -0.25) is 9.10 Å². The number of amides is 1. The Labute approximate surface area is 168 Å². The van der Waals surface area contributed by atoms with Crippen LogP contribution in [0.2, 0.25) is 0 Å². The summed E-state index contributed by atoms with van der Waals surface area (Å²) < 4.78 is 26.5. The Bertz CT molecular complexity index is 1140. The fraction of sp³-hybridized carbons (Fsp3) is 0.0476. The summed E-state index contributed by atoms with van der Waals surface area (Å²) in [4.78, 5) is 23.7. The van der Waals surface area contributed by atoms with E-state index in [4.69, 9.17) is 0 Å². The number of carboxylic acids is 1. The highest BCUT2D eigenvalue weighted by molar-refractivity contribution is 7.92. The van der Waals surface area contributed by atoms with Crippen LogP contribution in [0.15, 0.2) is 83.8 Å². The van der Waals surface area contributed by atoms with Gasteiger partial charge in [0, 0.05) is 18.2 Å². The molecule has 0 aliphatic carbocycles. The Kier molecular flexibility index (Phi) is 5.65. The summed E-state index contributed by atoms with van der Waals surface area (Å²) in [5.41, 5.74) is 0.601. The molecule has 0 heterocycles. The summed E-state index contributed by atoms with van der Waals surface area (Å²) in [5, 5.41) is 13.7. The molecule has 7 nitrogen and oxygen atoms in total. The maximum absolute atomic E-state index is 12.7. The van der Waals surface area contributed by atoms with Crippen LogP contribution in [0.25, 0.3) is 0 Å². The second-order valence-electron chi connectivity index (χ2n) is 6.12. The van der Waals surface area contributed by atoms with Crippen LogP contribution < -0.4 is 14.7 Å². The molecule has 8 heteroatoms. The van der Waals surface area contributed by atoms with Gasteiger partial charge in [0.2, 0.25) is 0 Å². The van der Waals surface area contributed by atoms with E-state index in [0.29, 0.717) is 5.69 Å². The van der Waals surface area contributed by atoms with Crippen molar-refractivity contribution in [1.82, 2.24) is 0 Å². The lowest BCUT2D eigenvalue weighted by molar-refractivity contribution is -0.254. The summed E-state index contributed by atoms with van der Waals surface area (Å²) in [6.45, 7) is 0. The fourth-order valence-electron chi connectivity index (χ4n) is 2.68. The van der Waals surface area contributed by atoms with E-state index in [9.17, 15) is 23.1 Å². The number of benzene rings is 3. The maximum Gasteiger partial charge on any atom is 0.264 e. The number of hydrogen-bond donors (Lipinski definition) is 1. The summed E-state index contributed by atoms with van der Waals surface area (Å²) in [6.07, 6.45) is 0. The fourth-order valence-corrected chi connectivity index (χ4v) is 3.89. The molecule has 1 amide bonds. The topological polar surface area (TPSA) is 107 Å². The van der Waals surface area contributed by atoms with E-state index in [2.05, 4.69) is 5.32 Å². The van der Waals surface area contributed by atoms with Crippen LogP contribution in [-0.2, 0) is 10.0 Å². The smallest absolute Gasteiger partial charge is 0.264 e. The number of para-hydroxylation sites is 1. The summed E-state index contributed by atoms with van der Waals surface area (Å²) >= 11 is 0. The van der Waals surface area contributed by atoms with E-state index >= 15 is 0 Å². The maximum atomic E-state index is 12.7. The first kappa shape index (κ1) is 20.1. The number of nitrogens with one attached hydrogen (secondary N) is 1. The molecular formula is C21H17N2O5S-. The molecule has 0 fully saturated rings. The van der Waals surface area contributed by atoms with Gasteiger partial charge in [-0.15, -0.1) is 0 Å². The normalized spacial score (nSPS) is 10.9. The number of rotatable bonds is 6. The van der Waals surface area contributed by atoms with Crippen molar-refractivity contribution in [3.63, 3.8) is 0 Å². The van der Waals surface area contributed by atoms with Gasteiger partial charge in [-0.1, -0.05) is 36.4 Å². The molecule has 0 bridgehead atoms. The molecule has 29 heavy (non-hydrogen) atoms. The van der Waals surface area contributed by atoms with Gasteiger partial charge in [0.1, 0.15) is 0 Å². The Morgan fingerprint density at radius 1 is 0.862 bits per heavy atom. The van der Waals surface area contributed by atoms with Crippen molar-refractivity contribution < 1.29 is 23.1 Å². The predicted molar refractivity (Wildman–Crippen MR) is 107 cm³/mol. The highest BCUT2D eigenvalue weighted by atomic mass is 32.2. The molecule has 3 aromatic carbocycles. The molecule has 3 rings (SSSR count). The number of carbonyl (C=O) groups is 2. The van der Waals surface area contributed by atoms with Crippen LogP contribution in [0.5, 0.6) is 0 Å². The first-order valence-corrected chi connectivity index (χ1v) is 10.0. The molecule has 0 aliphatic rings. The number of sulfonamides is 1. The number of anilines is 2. The zero-order chi connectivity index (χ0) is 21.0. The zero-order valence-corrected chi connectivity index (χ0v) is 16.2. The van der Waals surface area contributed by atoms with Gasteiger partial charge >= 0.3 is 0 Å². The SMILES string of the molecule is CN(c1ccc(C(=O)Nc2ccccc2C(=O)[O-])cc1)S(=O)(=O)c1ccccc1. The molecule has 0 atom stereocenters. The van der Waals surface area contributed by atoms with Gasteiger partial charge in [0.05, 0.1) is 22.2 Å². The van der Waals surface area contributed by atoms with Crippen molar-refractivity contribution in [1.29, 1.82) is 0 Å². The van der Waals surface area contributed by atoms with Crippen LogP contribution in [0.3, 0.4) is 0 Å². The Balaban J connectivity index is 1.80. The number of carbonyl (C=O) groups excluding carboxylic acids is 2. The third-order valence-corrected chi connectivity index (χ3v) is 6.09. The number of hydrogen-bond acceptors (Lipinski definition) is 5. The van der Waals surface area contributed by atoms with E-state index in [1.165, 1.54) is 61.6 Å². The molecular weight excluding hydrogens is 392 g/mol. The molecule has 3 aromatic rings. The predicted octanol–water partition coefficient (Wildman–Crippen LogP) is 2.13. The summed E-state index contributed by atoms with van der Waals surface area (Å²) in [7, 11) is -2.30. The van der Waals surface area contributed by atoms with Crippen LogP contribution in [0.4, 0.5) is 11.4 Å². The van der Waals surface area contributed by atoms with E-state index < -0.39 is 21.9 Å². The van der Waals surface area contributed by atoms with Gasteiger partial charge in [-0.2, -0.15) is 0 Å². The minimum absolute atomic E-state index is 0.116. The second-order valence-corrected chi connectivity index (χ2v) is 8.09. The number of aromatic carboxylic acids is 1. The standard InChI is InChI=1S/C21H18N2O5S/c1-23(29(27,28)17-7-3-2-4-8-17)16-13-11-15(12-14-16)20(24)22-19-10-6-5-9-18(19)21(25)26/h2-14H,1H3,(H,22,24)(H,25,26)/p-1. The third kappa shape index (κ3) is 4.27. The average Bonchev–Trinajstić information content (AvgIpc) is 2.74. The molecule has 0 aromatic heterocycles. The zero-order valence-electron chi connectivity index (χ0n) is 15.4. The minimum atomic E-state index is -3.73. The van der Waals surface area contributed by atoms with E-state index in [1.54, 1.807) is 24.3 Å². The Morgan fingerprint density at radius 2 is 1.45 bits per heavy atom. The van der Waals surface area contributed by atoms with Crippen LogP contribution in [0, 0.1) is 0 Å². The lowest BCUT2D eigenvalue weighted by Gasteiger charge is -2.19. The van der Waals surface area contributed by atoms with Crippen molar-refractivity contribution in [2.24, 2.45) is 0 Å². The highest BCUT2D eigenvalue weighted by Crippen LogP contribution is 2.23. The van der Waals surface area contributed by atoms with Gasteiger partial charge in [0.15, 0.2) is 0 Å². The first-order valence-electron chi connectivity index (χ1n) is 8.56. The Morgan fingerprint density at radius 3 is 2.07 bits per heavy atom. The van der Waals surface area contributed by atoms with Crippen molar-refractivity contribution in [3.8, 4) is 0 Å². The van der Waals surface area contributed by atoms with Crippen LogP contribution >= 0.6 is 0 Å². The molecule has 0 saturated heterocycles. The molecule has 0 aliphatic heterocycles. The van der Waals surface area contributed by atoms with Crippen LogP contribution in [0.1, 0.15) is 20.7 Å². The molecule has 0 saturated carbocycles. The third-order valence-electron chi connectivity index (χ3n) is 4.29. The molecule has 148 valence electrons. The summed E-state index contributed by atoms with van der Waals surface area (Å²) in [6, 6.07) is 19.8. The number of carboxylic acid groups (broad SMARTS) is 1. The molecule has 0 spiro atoms. The largest absolute Gasteiger partial charge is 0.545 e. The van der Waals surface area contributed by atoms with Gasteiger partial charge in [-0.05, 0) is 42.5 Å². The average molecular weight is 409 g/mol. The van der Waals surface area contributed by atoms with Crippen LogP contribution in [-0.4, -0.2) is 27.3 Å². The van der Waals surface area contributed by atoms with Gasteiger partial charge < -0.3 is 15.2 Å². The van der Waals surface area contributed by atoms with Crippen molar-refractivity contribution in [2.75, 3.05) is 16.7 Å². The van der Waals surface area contributed by atoms with Crippen molar-refractivity contribution in [3.05, 3.63) is 90.0 Å². The molecule has 1 N–H and O–H groups in total. The molecule has 0 unspecified atom stereocenters. The lowest BCUT2D eigenvalue weighted by atomic mass is 10.1. The van der Waals surface area contributed by atoms with E-state index in [1.807, 2.05) is 0 Å². The highest BCUT2D eigenvalue weighted by Gasteiger charge is 2.21. The van der Waals surface area contributed by atoms with E-state index in [-0.39, 0.29) is 21.7 Å². The van der Waals surface area contributed by atoms with Gasteiger partial charge in [0.25, 0.3) is 15.9 Å². The number of nitrogens with zero attached hydrogens (tertiary/aromatic N) is 1. The van der Waals surface area contributed by atoms with Crippen molar-refractivity contribution >= 4 is 33.3 Å². The monoisotopic (exact) mass is 409 g/mol. The Hall–Kier alpha value is -3.65. The first-order chi connectivity index (χ1) is 13.8. The lowest BCUT2D eigenvalue weighted by Crippen LogP contribution is -2.26. The quantitative estimate of drug-likeness (QED) is 0.671. The van der Waals surface area contributed by atoms with E-state index in [0.717, 1.165) is 4.31 Å². The summed E-state index contributed by atoms with van der Waals surface area (Å²) in [5.74, 6) is -1.93. The van der Waals surface area contributed by atoms with Gasteiger partial charge in [-0.25, -0.2) is 8.42 Å². The second kappa shape index (κ2) is 8.15. The van der Waals surface area contributed by atoms with Crippen molar-refractivity contribution in [2.45, 2.75) is 4.90 Å². The minimum Gasteiger partial charge on any atom is -0.545 e.